The van der Waals surface area contributed by atoms with E-state index in [2.05, 4.69) is 36.7 Å². The lowest BCUT2D eigenvalue weighted by atomic mass is 10.2. The summed E-state index contributed by atoms with van der Waals surface area (Å²) >= 11 is 4.69. The fraction of sp³-hybridized carbons (Fsp3) is 0.238. The SMILES string of the molecule is COc1cc(C=NNC(=O)CSc2nnc(-c3ccc(Br)cc3)n2C)cc(OC)c1OC. The molecule has 0 unspecified atom stereocenters. The highest BCUT2D eigenvalue weighted by Crippen LogP contribution is 2.37. The van der Waals surface area contributed by atoms with E-state index in [1.165, 1.54) is 39.3 Å². The van der Waals surface area contributed by atoms with E-state index in [-0.39, 0.29) is 11.7 Å². The lowest BCUT2D eigenvalue weighted by Crippen LogP contribution is -2.19. The second kappa shape index (κ2) is 11.0. The Morgan fingerprint density at radius 3 is 2.38 bits per heavy atom. The molecule has 0 radical (unpaired) electrons. The first-order valence-corrected chi connectivity index (χ1v) is 11.1. The molecule has 0 saturated heterocycles. The van der Waals surface area contributed by atoms with Crippen molar-refractivity contribution in [2.75, 3.05) is 27.1 Å². The Morgan fingerprint density at radius 1 is 1.12 bits per heavy atom. The molecule has 9 nitrogen and oxygen atoms in total. The minimum atomic E-state index is -0.271. The van der Waals surface area contributed by atoms with Crippen LogP contribution in [0.1, 0.15) is 5.56 Å². The van der Waals surface area contributed by atoms with Crippen LogP contribution < -0.4 is 19.6 Å². The molecule has 168 valence electrons. The quantitative estimate of drug-likeness (QED) is 0.262. The lowest BCUT2D eigenvalue weighted by Gasteiger charge is -2.12. The summed E-state index contributed by atoms with van der Waals surface area (Å²) in [7, 11) is 6.46. The third-order valence-corrected chi connectivity index (χ3v) is 5.91. The highest BCUT2D eigenvalue weighted by Gasteiger charge is 2.14. The predicted molar refractivity (Wildman–Crippen MR) is 127 cm³/mol. The van der Waals surface area contributed by atoms with Crippen LogP contribution in [0.5, 0.6) is 17.2 Å². The molecule has 2 aromatic carbocycles. The van der Waals surface area contributed by atoms with Crippen LogP contribution in [0, 0.1) is 0 Å². The Balaban J connectivity index is 1.59. The molecule has 32 heavy (non-hydrogen) atoms. The Labute approximate surface area is 198 Å². The highest BCUT2D eigenvalue weighted by atomic mass is 79.9. The van der Waals surface area contributed by atoms with E-state index in [9.17, 15) is 4.79 Å². The van der Waals surface area contributed by atoms with E-state index >= 15 is 0 Å². The van der Waals surface area contributed by atoms with Crippen molar-refractivity contribution in [1.29, 1.82) is 0 Å². The number of methoxy groups -OCH3 is 3. The van der Waals surface area contributed by atoms with Gasteiger partial charge < -0.3 is 18.8 Å². The molecule has 11 heteroatoms. The molecule has 1 aromatic heterocycles. The van der Waals surface area contributed by atoms with Crippen LogP contribution >= 0.6 is 27.7 Å². The maximum Gasteiger partial charge on any atom is 0.250 e. The van der Waals surface area contributed by atoms with Crippen molar-refractivity contribution in [1.82, 2.24) is 20.2 Å². The molecule has 0 fully saturated rings. The molecular weight excluding hydrogens is 498 g/mol. The van der Waals surface area contributed by atoms with Gasteiger partial charge in [0.05, 0.1) is 33.3 Å². The summed E-state index contributed by atoms with van der Waals surface area (Å²) in [5.41, 5.74) is 4.12. The largest absolute Gasteiger partial charge is 0.493 e. The van der Waals surface area contributed by atoms with Crippen LogP contribution in [0.15, 0.2) is 51.1 Å². The van der Waals surface area contributed by atoms with Gasteiger partial charge in [-0.15, -0.1) is 10.2 Å². The molecule has 0 aliphatic carbocycles. The average Bonchev–Trinajstić information content (AvgIpc) is 3.17. The van der Waals surface area contributed by atoms with Crippen LogP contribution in [0.2, 0.25) is 0 Å². The van der Waals surface area contributed by atoms with Crippen LogP contribution in [0.4, 0.5) is 0 Å². The molecule has 0 atom stereocenters. The number of hydrogen-bond donors (Lipinski definition) is 1. The zero-order valence-corrected chi connectivity index (χ0v) is 20.4. The van der Waals surface area contributed by atoms with Gasteiger partial charge in [-0.25, -0.2) is 5.43 Å². The number of carbonyl (C=O) groups excluding carboxylic acids is 1. The summed E-state index contributed by atoms with van der Waals surface area (Å²) in [6.45, 7) is 0. The van der Waals surface area contributed by atoms with Gasteiger partial charge in [0.25, 0.3) is 5.91 Å². The molecule has 0 spiro atoms. The van der Waals surface area contributed by atoms with Crippen molar-refractivity contribution >= 4 is 39.8 Å². The van der Waals surface area contributed by atoms with Gasteiger partial charge >= 0.3 is 0 Å². The first-order chi connectivity index (χ1) is 15.5. The summed E-state index contributed by atoms with van der Waals surface area (Å²) < 4.78 is 18.7. The van der Waals surface area contributed by atoms with Gasteiger partial charge in [0.15, 0.2) is 22.5 Å². The molecular formula is C21H22BrN5O4S. The van der Waals surface area contributed by atoms with Gasteiger partial charge in [-0.2, -0.15) is 5.10 Å². The fourth-order valence-electron chi connectivity index (χ4n) is 2.81. The Morgan fingerprint density at radius 2 is 1.78 bits per heavy atom. The molecule has 1 amide bonds. The standard InChI is InChI=1S/C21H22BrN5O4S/c1-27-20(14-5-7-15(22)8-6-14)25-26-21(27)32-12-18(28)24-23-11-13-9-16(29-2)19(31-4)17(10-13)30-3/h5-11H,12H2,1-4H3,(H,24,28). The molecule has 0 aliphatic rings. The number of nitrogens with one attached hydrogen (secondary N) is 1. The van der Waals surface area contributed by atoms with E-state index in [0.717, 1.165) is 15.9 Å². The van der Waals surface area contributed by atoms with Crippen LogP contribution in [-0.2, 0) is 11.8 Å². The molecule has 3 aromatic rings. The molecule has 1 heterocycles. The minimum absolute atomic E-state index is 0.138. The first kappa shape index (κ1) is 23.6. The Bertz CT molecular complexity index is 1090. The van der Waals surface area contributed by atoms with Crippen LogP contribution in [0.25, 0.3) is 11.4 Å². The normalized spacial score (nSPS) is 10.9. The van der Waals surface area contributed by atoms with E-state index in [0.29, 0.717) is 28.0 Å². The average molecular weight is 520 g/mol. The van der Waals surface area contributed by atoms with E-state index in [1.807, 2.05) is 35.9 Å². The molecule has 1 N–H and O–H groups in total. The van der Waals surface area contributed by atoms with Gasteiger partial charge in [0, 0.05) is 22.6 Å². The zero-order valence-electron chi connectivity index (χ0n) is 18.0. The van der Waals surface area contributed by atoms with E-state index in [4.69, 9.17) is 14.2 Å². The van der Waals surface area contributed by atoms with Crippen molar-refractivity contribution in [2.45, 2.75) is 5.16 Å². The third-order valence-electron chi connectivity index (χ3n) is 4.36. The van der Waals surface area contributed by atoms with Crippen molar-refractivity contribution in [3.63, 3.8) is 0 Å². The van der Waals surface area contributed by atoms with E-state index < -0.39 is 0 Å². The monoisotopic (exact) mass is 519 g/mol. The van der Waals surface area contributed by atoms with Crippen molar-refractivity contribution in [2.24, 2.45) is 12.1 Å². The summed E-state index contributed by atoms with van der Waals surface area (Å²) in [4.78, 5) is 12.2. The van der Waals surface area contributed by atoms with Crippen molar-refractivity contribution in [3.8, 4) is 28.6 Å². The smallest absolute Gasteiger partial charge is 0.250 e. The van der Waals surface area contributed by atoms with E-state index in [1.54, 1.807) is 12.1 Å². The Kier molecular flexibility index (Phi) is 8.12. The van der Waals surface area contributed by atoms with Crippen LogP contribution in [0.3, 0.4) is 0 Å². The number of rotatable bonds is 9. The highest BCUT2D eigenvalue weighted by molar-refractivity contribution is 9.10. The number of hydrogen-bond acceptors (Lipinski definition) is 8. The summed E-state index contributed by atoms with van der Waals surface area (Å²) in [6.07, 6.45) is 1.50. The van der Waals surface area contributed by atoms with Gasteiger partial charge in [0.2, 0.25) is 5.75 Å². The van der Waals surface area contributed by atoms with Gasteiger partial charge in [-0.05, 0) is 24.3 Å². The number of amides is 1. The molecule has 0 aliphatic heterocycles. The summed E-state index contributed by atoms with van der Waals surface area (Å²) in [6, 6.07) is 11.2. The third kappa shape index (κ3) is 5.60. The first-order valence-electron chi connectivity index (χ1n) is 9.36. The number of benzene rings is 2. The second-order valence-corrected chi connectivity index (χ2v) is 8.27. The second-order valence-electron chi connectivity index (χ2n) is 6.41. The topological polar surface area (TPSA) is 99.9 Å². The molecule has 3 rings (SSSR count). The summed E-state index contributed by atoms with van der Waals surface area (Å²) in [5.74, 6) is 2.07. The number of ether oxygens (including phenoxy) is 3. The number of halogens is 1. The number of aromatic nitrogens is 3. The molecule has 0 bridgehead atoms. The van der Waals surface area contributed by atoms with Gasteiger partial charge in [0.1, 0.15) is 0 Å². The fourth-order valence-corrected chi connectivity index (χ4v) is 3.78. The number of carbonyl (C=O) groups is 1. The maximum atomic E-state index is 12.2. The number of nitrogens with zero attached hydrogens (tertiary/aromatic N) is 4. The zero-order chi connectivity index (χ0) is 23.1. The number of thioether (sulfide) groups is 1. The lowest BCUT2D eigenvalue weighted by molar-refractivity contribution is -0.118. The van der Waals surface area contributed by atoms with Crippen LogP contribution in [-0.4, -0.2) is 54.0 Å². The van der Waals surface area contributed by atoms with Gasteiger partial charge in [-0.3, -0.25) is 4.79 Å². The van der Waals surface area contributed by atoms with Crippen molar-refractivity contribution < 1.29 is 19.0 Å². The van der Waals surface area contributed by atoms with Crippen molar-refractivity contribution in [3.05, 3.63) is 46.4 Å². The Hall–Kier alpha value is -3.05. The minimum Gasteiger partial charge on any atom is -0.493 e. The van der Waals surface area contributed by atoms with Gasteiger partial charge in [-0.1, -0.05) is 39.8 Å². The summed E-state index contributed by atoms with van der Waals surface area (Å²) in [5, 5.41) is 13.0. The number of hydrazone groups is 1. The predicted octanol–water partition coefficient (Wildman–Crippen LogP) is 3.51. The molecule has 0 saturated carbocycles. The maximum absolute atomic E-state index is 12.2.